The third-order valence-electron chi connectivity index (χ3n) is 5.60. The molecule has 0 aromatic carbocycles. The molecular formula is C22H22F3N7O2S. The summed E-state index contributed by atoms with van der Waals surface area (Å²) in [5.41, 5.74) is 6.22. The molecule has 4 heterocycles. The number of carbonyl (C=O) groups is 2. The molecule has 1 atom stereocenters. The Morgan fingerprint density at radius 3 is 2.51 bits per heavy atom. The number of alkyl halides is 3. The molecule has 9 nitrogen and oxygen atoms in total. The number of aryl methyl sites for hydroxylation is 3. The smallest absolute Gasteiger partial charge is 0.365 e. The molecule has 35 heavy (non-hydrogen) atoms. The van der Waals surface area contributed by atoms with Crippen LogP contribution in [0.5, 0.6) is 0 Å². The van der Waals surface area contributed by atoms with E-state index in [1.165, 1.54) is 4.68 Å². The molecule has 0 fully saturated rings. The molecule has 0 aliphatic rings. The number of nitrogens with two attached hydrogens (primary N) is 1. The number of carbonyl (C=O) groups excluding carboxylic acids is 2. The van der Waals surface area contributed by atoms with Crippen LogP contribution in [0.3, 0.4) is 0 Å². The number of aromatic nitrogens is 5. The van der Waals surface area contributed by atoms with E-state index in [0.717, 1.165) is 11.8 Å². The molecule has 0 saturated heterocycles. The molecular weight excluding hydrogens is 483 g/mol. The fourth-order valence-electron chi connectivity index (χ4n) is 3.82. The van der Waals surface area contributed by atoms with Gasteiger partial charge in [0.05, 0.1) is 11.4 Å². The van der Waals surface area contributed by atoms with Crippen molar-refractivity contribution in [1.82, 2.24) is 24.5 Å². The number of anilines is 1. The maximum Gasteiger partial charge on any atom is 0.433 e. The molecule has 0 aliphatic heterocycles. The summed E-state index contributed by atoms with van der Waals surface area (Å²) in [6.45, 7) is 7.41. The summed E-state index contributed by atoms with van der Waals surface area (Å²) in [7, 11) is 0. The van der Waals surface area contributed by atoms with Crippen LogP contribution >= 0.6 is 11.3 Å². The van der Waals surface area contributed by atoms with Gasteiger partial charge in [-0.3, -0.25) is 19.0 Å². The molecule has 0 aliphatic carbocycles. The number of hydrogen-bond acceptors (Lipinski definition) is 6. The molecule has 184 valence electrons. The number of halogens is 3. The molecule has 0 saturated carbocycles. The van der Waals surface area contributed by atoms with Crippen molar-refractivity contribution in [3.05, 3.63) is 46.5 Å². The molecule has 3 N–H and O–H groups in total. The summed E-state index contributed by atoms with van der Waals surface area (Å²) in [6, 6.07) is 1.87. The zero-order chi connectivity index (χ0) is 25.7. The Bertz CT molecular complexity index is 1450. The molecule has 0 bridgehead atoms. The summed E-state index contributed by atoms with van der Waals surface area (Å²) in [5.74, 6) is -1.42. The molecule has 13 heteroatoms. The van der Waals surface area contributed by atoms with Gasteiger partial charge >= 0.3 is 6.18 Å². The van der Waals surface area contributed by atoms with Crippen molar-refractivity contribution < 1.29 is 22.8 Å². The Morgan fingerprint density at radius 1 is 1.26 bits per heavy atom. The summed E-state index contributed by atoms with van der Waals surface area (Å²) < 4.78 is 44.2. The Kier molecular flexibility index (Phi) is 6.13. The number of primary amides is 1. The van der Waals surface area contributed by atoms with E-state index in [1.807, 2.05) is 6.92 Å². The largest absolute Gasteiger partial charge is 0.433 e. The van der Waals surface area contributed by atoms with E-state index < -0.39 is 29.7 Å². The second kappa shape index (κ2) is 8.80. The number of pyridine rings is 1. The van der Waals surface area contributed by atoms with Gasteiger partial charge in [-0.1, -0.05) is 0 Å². The fourth-order valence-corrected chi connectivity index (χ4v) is 4.82. The molecule has 4 aromatic heterocycles. The van der Waals surface area contributed by atoms with Crippen LogP contribution < -0.4 is 11.1 Å². The van der Waals surface area contributed by atoms with Crippen LogP contribution in [0.4, 0.5) is 18.9 Å². The van der Waals surface area contributed by atoms with Gasteiger partial charge in [0.1, 0.15) is 21.4 Å². The van der Waals surface area contributed by atoms with Crippen LogP contribution in [0.2, 0.25) is 0 Å². The lowest BCUT2D eigenvalue weighted by molar-refractivity contribution is -0.140. The van der Waals surface area contributed by atoms with Crippen molar-refractivity contribution in [3.8, 4) is 11.1 Å². The Balaban J connectivity index is 1.96. The van der Waals surface area contributed by atoms with Gasteiger partial charge < -0.3 is 11.1 Å². The number of hydrogen-bond donors (Lipinski definition) is 2. The van der Waals surface area contributed by atoms with Gasteiger partial charge in [-0.2, -0.15) is 23.4 Å². The number of fused-ring (bicyclic) bond motifs is 1. The highest BCUT2D eigenvalue weighted by molar-refractivity contribution is 7.21. The Morgan fingerprint density at radius 2 is 1.97 bits per heavy atom. The first-order valence-electron chi connectivity index (χ1n) is 10.6. The van der Waals surface area contributed by atoms with Gasteiger partial charge in [0.25, 0.3) is 5.91 Å². The third-order valence-corrected chi connectivity index (χ3v) is 6.70. The SMILES string of the molecule is CCn1cc(-c2cc(C(F)(F)F)nc3sc(C(N)=O)c(NC(=O)C(C)n4nccc4C)c23)c(C)n1. The second-order valence-electron chi connectivity index (χ2n) is 7.97. The van der Waals surface area contributed by atoms with Crippen molar-refractivity contribution in [1.29, 1.82) is 0 Å². The molecule has 4 rings (SSSR count). The minimum atomic E-state index is -4.73. The topological polar surface area (TPSA) is 121 Å². The van der Waals surface area contributed by atoms with Crippen LogP contribution in [-0.2, 0) is 17.5 Å². The van der Waals surface area contributed by atoms with Gasteiger partial charge in [0.15, 0.2) is 0 Å². The summed E-state index contributed by atoms with van der Waals surface area (Å²) in [4.78, 5) is 29.0. The quantitative estimate of drug-likeness (QED) is 0.405. The van der Waals surface area contributed by atoms with Gasteiger partial charge in [-0.05, 0) is 45.4 Å². The van der Waals surface area contributed by atoms with Crippen LogP contribution in [0, 0.1) is 13.8 Å². The highest BCUT2D eigenvalue weighted by atomic mass is 32.1. The van der Waals surface area contributed by atoms with E-state index in [-0.39, 0.29) is 26.3 Å². The van der Waals surface area contributed by atoms with E-state index in [9.17, 15) is 22.8 Å². The van der Waals surface area contributed by atoms with Gasteiger partial charge in [0.2, 0.25) is 5.91 Å². The lowest BCUT2D eigenvalue weighted by atomic mass is 10.0. The second-order valence-corrected chi connectivity index (χ2v) is 8.97. The maximum absolute atomic E-state index is 13.7. The van der Waals surface area contributed by atoms with Gasteiger partial charge in [-0.15, -0.1) is 11.3 Å². The number of nitrogens with zero attached hydrogens (tertiary/aromatic N) is 5. The first kappa shape index (κ1) is 24.4. The maximum atomic E-state index is 13.7. The molecule has 0 radical (unpaired) electrons. The van der Waals surface area contributed by atoms with Crippen LogP contribution in [-0.4, -0.2) is 36.4 Å². The van der Waals surface area contributed by atoms with Crippen LogP contribution in [0.1, 0.15) is 46.6 Å². The minimum absolute atomic E-state index is 0.0130. The summed E-state index contributed by atoms with van der Waals surface area (Å²) in [6.07, 6.45) is -1.57. The monoisotopic (exact) mass is 505 g/mol. The highest BCUT2D eigenvalue weighted by Crippen LogP contribution is 2.44. The third kappa shape index (κ3) is 4.38. The van der Waals surface area contributed by atoms with E-state index in [1.54, 1.807) is 43.9 Å². The lowest BCUT2D eigenvalue weighted by Crippen LogP contribution is -2.26. The highest BCUT2D eigenvalue weighted by Gasteiger charge is 2.35. The lowest BCUT2D eigenvalue weighted by Gasteiger charge is -2.16. The van der Waals surface area contributed by atoms with Crippen molar-refractivity contribution in [2.45, 2.75) is 46.5 Å². The normalized spacial score (nSPS) is 12.8. The van der Waals surface area contributed by atoms with Crippen molar-refractivity contribution in [2.75, 3.05) is 5.32 Å². The Labute approximate surface area is 201 Å². The van der Waals surface area contributed by atoms with Gasteiger partial charge in [0, 0.05) is 35.6 Å². The number of rotatable bonds is 6. The zero-order valence-corrected chi connectivity index (χ0v) is 20.1. The average Bonchev–Trinajstić information content (AvgIpc) is 3.48. The van der Waals surface area contributed by atoms with Crippen LogP contribution in [0.15, 0.2) is 24.5 Å². The van der Waals surface area contributed by atoms with Crippen molar-refractivity contribution in [3.63, 3.8) is 0 Å². The van der Waals surface area contributed by atoms with E-state index >= 15 is 0 Å². The number of amides is 2. The van der Waals surface area contributed by atoms with Crippen molar-refractivity contribution in [2.24, 2.45) is 5.73 Å². The number of thiophene rings is 1. The predicted octanol–water partition coefficient (Wildman–Crippen LogP) is 4.31. The fraction of sp³-hybridized carbons (Fsp3) is 0.318. The predicted molar refractivity (Wildman–Crippen MR) is 125 cm³/mol. The Hall–Kier alpha value is -3.74. The molecule has 2 amide bonds. The molecule has 1 unspecified atom stereocenters. The van der Waals surface area contributed by atoms with E-state index in [0.29, 0.717) is 29.1 Å². The van der Waals surface area contributed by atoms with Crippen LogP contribution in [0.25, 0.3) is 21.3 Å². The van der Waals surface area contributed by atoms with E-state index in [2.05, 4.69) is 20.5 Å². The van der Waals surface area contributed by atoms with Gasteiger partial charge in [-0.25, -0.2) is 4.98 Å². The minimum Gasteiger partial charge on any atom is -0.365 e. The first-order chi connectivity index (χ1) is 16.4. The average molecular weight is 506 g/mol. The first-order valence-corrected chi connectivity index (χ1v) is 11.4. The molecule has 4 aromatic rings. The van der Waals surface area contributed by atoms with E-state index in [4.69, 9.17) is 5.73 Å². The number of nitrogens with one attached hydrogen (secondary N) is 1. The summed E-state index contributed by atoms with van der Waals surface area (Å²) in [5, 5.41) is 11.4. The summed E-state index contributed by atoms with van der Waals surface area (Å²) >= 11 is 0.694. The van der Waals surface area contributed by atoms with Crippen molar-refractivity contribution >= 4 is 39.1 Å². The standard InChI is InChI=1S/C22H22F3N7O2S/c1-5-31-9-14(11(3)30-31)13-8-15(22(23,24)25)28-21-16(13)17(18(35-21)19(26)33)29-20(34)12(4)32-10(2)6-7-27-32/h6-9,12H,5H2,1-4H3,(H2,26,33)(H,29,34). The zero-order valence-electron chi connectivity index (χ0n) is 19.3. The molecule has 0 spiro atoms.